The SMILES string of the molecule is CC(C)(C)OC(=O)NCCc1cn(-c2nc3c(c(NCC4CCOCC4)n2)COCC3)cn1. The van der Waals surface area contributed by atoms with Crippen molar-refractivity contribution in [1.29, 1.82) is 0 Å². The number of imidazole rings is 1. The molecule has 0 atom stereocenters. The van der Waals surface area contributed by atoms with E-state index in [0.29, 0.717) is 38.0 Å². The van der Waals surface area contributed by atoms with Crippen molar-refractivity contribution in [1.82, 2.24) is 24.8 Å². The largest absolute Gasteiger partial charge is 0.444 e. The Balaban J connectivity index is 1.42. The summed E-state index contributed by atoms with van der Waals surface area (Å²) in [7, 11) is 0. The number of carbonyl (C=O) groups excluding carboxylic acids is 1. The third-order valence-corrected chi connectivity index (χ3v) is 5.63. The average Bonchev–Trinajstić information content (AvgIpc) is 3.26. The molecule has 180 valence electrons. The fourth-order valence-electron chi connectivity index (χ4n) is 3.88. The molecule has 0 radical (unpaired) electrons. The molecule has 0 aromatic carbocycles. The summed E-state index contributed by atoms with van der Waals surface area (Å²) in [6, 6.07) is 0. The third-order valence-electron chi connectivity index (χ3n) is 5.63. The first-order chi connectivity index (χ1) is 15.9. The van der Waals surface area contributed by atoms with Crippen LogP contribution in [0.1, 0.15) is 50.6 Å². The minimum Gasteiger partial charge on any atom is -0.444 e. The van der Waals surface area contributed by atoms with Crippen LogP contribution in [0.15, 0.2) is 12.5 Å². The molecule has 2 aliphatic rings. The number of ether oxygens (including phenoxy) is 3. The number of hydrogen-bond acceptors (Lipinski definition) is 8. The predicted octanol–water partition coefficient (Wildman–Crippen LogP) is 2.64. The summed E-state index contributed by atoms with van der Waals surface area (Å²) in [5.74, 6) is 2.00. The number of rotatable bonds is 7. The Kier molecular flexibility index (Phi) is 7.44. The monoisotopic (exact) mass is 458 g/mol. The number of hydrogen-bond donors (Lipinski definition) is 2. The summed E-state index contributed by atoms with van der Waals surface area (Å²) in [6.07, 6.45) is 6.66. The lowest BCUT2D eigenvalue weighted by molar-refractivity contribution is 0.0528. The number of nitrogens with one attached hydrogen (secondary N) is 2. The molecule has 4 rings (SSSR count). The summed E-state index contributed by atoms with van der Waals surface area (Å²) < 4.78 is 18.2. The first-order valence-corrected chi connectivity index (χ1v) is 11.7. The molecule has 4 heterocycles. The van der Waals surface area contributed by atoms with Gasteiger partial charge in [-0.3, -0.25) is 4.57 Å². The highest BCUT2D eigenvalue weighted by atomic mass is 16.6. The van der Waals surface area contributed by atoms with Crippen LogP contribution in [0, 0.1) is 5.92 Å². The van der Waals surface area contributed by atoms with Crippen LogP contribution in [0.3, 0.4) is 0 Å². The molecule has 2 aromatic heterocycles. The Morgan fingerprint density at radius 1 is 1.21 bits per heavy atom. The van der Waals surface area contributed by atoms with Crippen LogP contribution < -0.4 is 10.6 Å². The van der Waals surface area contributed by atoms with Crippen molar-refractivity contribution >= 4 is 11.9 Å². The molecule has 1 saturated heterocycles. The number of aromatic nitrogens is 4. The minimum absolute atomic E-state index is 0.428. The molecule has 0 saturated carbocycles. The van der Waals surface area contributed by atoms with Gasteiger partial charge in [0.1, 0.15) is 17.7 Å². The lowest BCUT2D eigenvalue weighted by Crippen LogP contribution is -2.33. The van der Waals surface area contributed by atoms with Crippen LogP contribution >= 0.6 is 0 Å². The van der Waals surface area contributed by atoms with Gasteiger partial charge >= 0.3 is 6.09 Å². The standard InChI is InChI=1S/C23H34N6O4/c1-23(2,3)33-22(30)24-8-4-17-13-29(15-26-17)21-27-19-7-11-32-14-18(19)20(28-21)25-12-16-5-9-31-10-6-16/h13,15-16H,4-12,14H2,1-3H3,(H,24,30)(H,25,27,28). The molecular formula is C23H34N6O4. The first-order valence-electron chi connectivity index (χ1n) is 11.7. The molecule has 1 amide bonds. The molecule has 33 heavy (non-hydrogen) atoms. The summed E-state index contributed by atoms with van der Waals surface area (Å²) in [5, 5.41) is 6.30. The number of anilines is 1. The quantitative estimate of drug-likeness (QED) is 0.651. The highest BCUT2D eigenvalue weighted by Crippen LogP contribution is 2.25. The molecule has 1 fully saturated rings. The second kappa shape index (κ2) is 10.5. The average molecular weight is 459 g/mol. The van der Waals surface area contributed by atoms with Crippen molar-refractivity contribution in [3.63, 3.8) is 0 Å². The Labute approximate surface area is 194 Å². The molecule has 10 heteroatoms. The number of nitrogens with zero attached hydrogens (tertiary/aromatic N) is 4. The van der Waals surface area contributed by atoms with Crippen LogP contribution in [-0.2, 0) is 33.7 Å². The van der Waals surface area contributed by atoms with Gasteiger partial charge < -0.3 is 24.8 Å². The van der Waals surface area contributed by atoms with Gasteiger partial charge in [0.25, 0.3) is 0 Å². The molecule has 10 nitrogen and oxygen atoms in total. The smallest absolute Gasteiger partial charge is 0.407 e. The van der Waals surface area contributed by atoms with Gasteiger partial charge in [0, 0.05) is 50.9 Å². The number of fused-ring (bicyclic) bond motifs is 1. The fourth-order valence-corrected chi connectivity index (χ4v) is 3.88. The Morgan fingerprint density at radius 3 is 2.82 bits per heavy atom. The zero-order valence-electron chi connectivity index (χ0n) is 19.7. The van der Waals surface area contributed by atoms with Crippen LogP contribution in [-0.4, -0.2) is 64.1 Å². The summed E-state index contributed by atoms with van der Waals surface area (Å²) >= 11 is 0. The highest BCUT2D eigenvalue weighted by molar-refractivity contribution is 5.67. The molecule has 0 aliphatic carbocycles. The van der Waals surface area contributed by atoms with Crippen molar-refractivity contribution in [2.24, 2.45) is 5.92 Å². The lowest BCUT2D eigenvalue weighted by Gasteiger charge is -2.24. The Hall–Kier alpha value is -2.72. The van der Waals surface area contributed by atoms with E-state index in [-0.39, 0.29) is 0 Å². The zero-order chi connectivity index (χ0) is 23.3. The Morgan fingerprint density at radius 2 is 2.03 bits per heavy atom. The zero-order valence-corrected chi connectivity index (χ0v) is 19.7. The maximum atomic E-state index is 11.8. The van der Waals surface area contributed by atoms with Gasteiger partial charge in [-0.15, -0.1) is 0 Å². The normalized spacial score (nSPS) is 16.8. The maximum absolute atomic E-state index is 11.8. The molecule has 2 N–H and O–H groups in total. The van der Waals surface area contributed by atoms with E-state index in [1.165, 1.54) is 0 Å². The molecule has 2 aromatic rings. The van der Waals surface area contributed by atoms with Gasteiger partial charge in [0.2, 0.25) is 5.95 Å². The van der Waals surface area contributed by atoms with Crippen molar-refractivity contribution < 1.29 is 19.0 Å². The van der Waals surface area contributed by atoms with Crippen molar-refractivity contribution in [2.45, 2.75) is 58.7 Å². The van der Waals surface area contributed by atoms with Crippen molar-refractivity contribution in [3.8, 4) is 5.95 Å². The first kappa shape index (κ1) is 23.4. The second-order valence-corrected chi connectivity index (χ2v) is 9.49. The van der Waals surface area contributed by atoms with E-state index in [2.05, 4.69) is 15.6 Å². The molecule has 2 aliphatic heterocycles. The highest BCUT2D eigenvalue weighted by Gasteiger charge is 2.21. The second-order valence-electron chi connectivity index (χ2n) is 9.49. The van der Waals surface area contributed by atoms with Crippen LogP contribution in [0.5, 0.6) is 0 Å². The predicted molar refractivity (Wildman–Crippen MR) is 122 cm³/mol. The van der Waals surface area contributed by atoms with Crippen molar-refractivity contribution in [3.05, 3.63) is 29.5 Å². The summed E-state index contributed by atoms with van der Waals surface area (Å²) in [5.41, 5.74) is 2.38. The van der Waals surface area contributed by atoms with Gasteiger partial charge in [-0.25, -0.2) is 14.8 Å². The number of amides is 1. The number of carbonyl (C=O) groups is 1. The van der Waals surface area contributed by atoms with Crippen LogP contribution in [0.4, 0.5) is 10.6 Å². The topological polar surface area (TPSA) is 112 Å². The van der Waals surface area contributed by atoms with E-state index in [9.17, 15) is 4.79 Å². The van der Waals surface area contributed by atoms with E-state index in [4.69, 9.17) is 24.2 Å². The van der Waals surface area contributed by atoms with Gasteiger partial charge in [0.15, 0.2) is 0 Å². The van der Waals surface area contributed by atoms with Crippen LogP contribution in [0.25, 0.3) is 5.95 Å². The molecule has 0 unspecified atom stereocenters. The molecular weight excluding hydrogens is 424 g/mol. The molecule has 0 bridgehead atoms. The van der Waals surface area contributed by atoms with E-state index in [0.717, 1.165) is 61.8 Å². The van der Waals surface area contributed by atoms with Crippen molar-refractivity contribution in [2.75, 3.05) is 38.2 Å². The lowest BCUT2D eigenvalue weighted by atomic mass is 10.0. The van der Waals surface area contributed by atoms with E-state index < -0.39 is 11.7 Å². The molecule has 0 spiro atoms. The maximum Gasteiger partial charge on any atom is 0.407 e. The van der Waals surface area contributed by atoms with Gasteiger partial charge in [-0.05, 0) is 39.5 Å². The minimum atomic E-state index is -0.517. The third kappa shape index (κ3) is 6.64. The number of alkyl carbamates (subject to hydrolysis) is 1. The fraction of sp³-hybridized carbons (Fsp3) is 0.652. The van der Waals surface area contributed by atoms with E-state index >= 15 is 0 Å². The summed E-state index contributed by atoms with van der Waals surface area (Å²) in [4.78, 5) is 25.9. The van der Waals surface area contributed by atoms with E-state index in [1.54, 1.807) is 6.33 Å². The summed E-state index contributed by atoms with van der Waals surface area (Å²) in [6.45, 7) is 9.64. The van der Waals surface area contributed by atoms with Gasteiger partial charge in [-0.1, -0.05) is 0 Å². The van der Waals surface area contributed by atoms with E-state index in [1.807, 2.05) is 31.5 Å². The Bertz CT molecular complexity index is 949. The van der Waals surface area contributed by atoms with Gasteiger partial charge in [0.05, 0.1) is 24.6 Å². The van der Waals surface area contributed by atoms with Crippen LogP contribution in [0.2, 0.25) is 0 Å². The van der Waals surface area contributed by atoms with Gasteiger partial charge in [-0.2, -0.15) is 4.98 Å².